The molecule has 1 fully saturated rings. The summed E-state index contributed by atoms with van der Waals surface area (Å²) in [6.07, 6.45) is 2.24. The van der Waals surface area contributed by atoms with E-state index in [1.54, 1.807) is 18.2 Å². The first kappa shape index (κ1) is 22.9. The zero-order valence-electron chi connectivity index (χ0n) is 17.1. The van der Waals surface area contributed by atoms with Crippen LogP contribution in [-0.4, -0.2) is 56.0 Å². The minimum Gasteiger partial charge on any atom is -0.488 e. The molecule has 0 aliphatic carbocycles. The molecular formula is C21H32F2N4O2. The molecule has 1 aromatic carbocycles. The smallest absolute Gasteiger partial charge is 0.272 e. The Balaban J connectivity index is 1.80. The summed E-state index contributed by atoms with van der Waals surface area (Å²) in [6.45, 7) is 4.85. The van der Waals surface area contributed by atoms with Gasteiger partial charge in [0.25, 0.3) is 6.43 Å². The van der Waals surface area contributed by atoms with Gasteiger partial charge in [-0.15, -0.1) is 0 Å². The van der Waals surface area contributed by atoms with Crippen LogP contribution in [0, 0.1) is 0 Å². The van der Waals surface area contributed by atoms with Gasteiger partial charge in [0.15, 0.2) is 5.96 Å². The van der Waals surface area contributed by atoms with Crippen LogP contribution < -0.4 is 15.4 Å². The van der Waals surface area contributed by atoms with Crippen molar-refractivity contribution in [1.82, 2.24) is 15.5 Å². The van der Waals surface area contributed by atoms with E-state index in [1.165, 1.54) is 0 Å². The van der Waals surface area contributed by atoms with Crippen LogP contribution in [0.4, 0.5) is 8.78 Å². The first-order valence-corrected chi connectivity index (χ1v) is 10.4. The molecular weight excluding hydrogens is 378 g/mol. The van der Waals surface area contributed by atoms with E-state index < -0.39 is 13.0 Å². The van der Waals surface area contributed by atoms with E-state index in [2.05, 4.69) is 15.6 Å². The molecule has 1 saturated heterocycles. The lowest BCUT2D eigenvalue weighted by molar-refractivity contribution is -0.130. The van der Waals surface area contributed by atoms with E-state index in [9.17, 15) is 13.6 Å². The van der Waals surface area contributed by atoms with Crippen LogP contribution in [-0.2, 0) is 11.3 Å². The van der Waals surface area contributed by atoms with Gasteiger partial charge in [-0.25, -0.2) is 13.8 Å². The molecule has 0 saturated carbocycles. The Labute approximate surface area is 171 Å². The Bertz CT molecular complexity index is 655. The van der Waals surface area contributed by atoms with Gasteiger partial charge in [-0.1, -0.05) is 18.6 Å². The number of carbonyl (C=O) groups excluding carboxylic acids is 1. The molecule has 0 radical (unpaired) electrons. The molecule has 2 N–H and O–H groups in total. The number of carbonyl (C=O) groups is 1. The number of guanidine groups is 1. The zero-order chi connectivity index (χ0) is 20.9. The fourth-order valence-corrected chi connectivity index (χ4v) is 3.16. The molecule has 0 bridgehead atoms. The molecule has 2 rings (SSSR count). The zero-order valence-corrected chi connectivity index (χ0v) is 17.1. The van der Waals surface area contributed by atoms with Gasteiger partial charge in [-0.2, -0.15) is 0 Å². The van der Waals surface area contributed by atoms with Gasteiger partial charge >= 0.3 is 0 Å². The Morgan fingerprint density at radius 3 is 2.93 bits per heavy atom. The number of hydrogen-bond donors (Lipinski definition) is 2. The molecule has 1 aliphatic heterocycles. The van der Waals surface area contributed by atoms with E-state index in [0.29, 0.717) is 31.2 Å². The SMILES string of the molecule is CCNC(=NCc1cccc(OCC(F)F)c1)NCCCN1CCCCCC1=O. The van der Waals surface area contributed by atoms with E-state index >= 15 is 0 Å². The van der Waals surface area contributed by atoms with Crippen molar-refractivity contribution in [2.24, 2.45) is 4.99 Å². The maximum Gasteiger partial charge on any atom is 0.272 e. The summed E-state index contributed by atoms with van der Waals surface area (Å²) in [5.74, 6) is 1.36. The van der Waals surface area contributed by atoms with E-state index in [-0.39, 0.29) is 5.91 Å². The van der Waals surface area contributed by atoms with Crippen LogP contribution in [0.2, 0.25) is 0 Å². The summed E-state index contributed by atoms with van der Waals surface area (Å²) >= 11 is 0. The minimum atomic E-state index is -2.49. The summed E-state index contributed by atoms with van der Waals surface area (Å²) < 4.78 is 29.6. The lowest BCUT2D eigenvalue weighted by atomic mass is 10.2. The summed E-state index contributed by atoms with van der Waals surface area (Å²) in [4.78, 5) is 18.5. The lowest BCUT2D eigenvalue weighted by Crippen LogP contribution is -2.39. The minimum absolute atomic E-state index is 0.261. The topological polar surface area (TPSA) is 66.0 Å². The first-order chi connectivity index (χ1) is 14.1. The van der Waals surface area contributed by atoms with Gasteiger partial charge in [0.1, 0.15) is 12.4 Å². The molecule has 29 heavy (non-hydrogen) atoms. The molecule has 0 aromatic heterocycles. The second-order valence-corrected chi connectivity index (χ2v) is 7.02. The summed E-state index contributed by atoms with van der Waals surface area (Å²) in [5.41, 5.74) is 0.879. The molecule has 6 nitrogen and oxygen atoms in total. The predicted octanol–water partition coefficient (Wildman–Crippen LogP) is 3.18. The van der Waals surface area contributed by atoms with Gasteiger partial charge in [0.2, 0.25) is 5.91 Å². The average Bonchev–Trinajstić information content (AvgIpc) is 2.92. The quantitative estimate of drug-likeness (QED) is 0.353. The highest BCUT2D eigenvalue weighted by Crippen LogP contribution is 2.15. The maximum atomic E-state index is 12.3. The number of ether oxygens (including phenoxy) is 1. The van der Waals surface area contributed by atoms with Crippen molar-refractivity contribution in [1.29, 1.82) is 0 Å². The highest BCUT2D eigenvalue weighted by atomic mass is 19.3. The Kier molecular flexibility index (Phi) is 10.2. The van der Waals surface area contributed by atoms with E-state index in [4.69, 9.17) is 4.74 Å². The number of halogens is 2. The van der Waals surface area contributed by atoms with Crippen molar-refractivity contribution in [2.75, 3.05) is 32.8 Å². The number of hydrogen-bond acceptors (Lipinski definition) is 3. The third-order valence-electron chi connectivity index (χ3n) is 4.61. The van der Waals surface area contributed by atoms with Crippen LogP contribution >= 0.6 is 0 Å². The van der Waals surface area contributed by atoms with Gasteiger partial charge in [-0.3, -0.25) is 4.79 Å². The van der Waals surface area contributed by atoms with Crippen molar-refractivity contribution in [3.05, 3.63) is 29.8 Å². The number of nitrogens with zero attached hydrogens (tertiary/aromatic N) is 2. The van der Waals surface area contributed by atoms with Crippen molar-refractivity contribution in [2.45, 2.75) is 52.0 Å². The molecule has 1 heterocycles. The fraction of sp³-hybridized carbons (Fsp3) is 0.619. The predicted molar refractivity (Wildman–Crippen MR) is 110 cm³/mol. The monoisotopic (exact) mass is 410 g/mol. The number of rotatable bonds is 10. The molecule has 1 aromatic rings. The molecule has 8 heteroatoms. The first-order valence-electron chi connectivity index (χ1n) is 10.4. The van der Waals surface area contributed by atoms with E-state index in [0.717, 1.165) is 50.9 Å². The number of amides is 1. The Hall–Kier alpha value is -2.38. The fourth-order valence-electron chi connectivity index (χ4n) is 3.16. The van der Waals surface area contributed by atoms with Crippen LogP contribution in [0.25, 0.3) is 0 Å². The Morgan fingerprint density at radius 2 is 2.14 bits per heavy atom. The molecule has 1 aliphatic rings. The normalized spacial score (nSPS) is 15.4. The standard InChI is InChI=1S/C21H32F2N4O2/c1-2-24-21(25-11-7-13-27-12-5-3-4-10-20(27)28)26-15-17-8-6-9-18(14-17)29-16-19(22)23/h6,8-9,14,19H,2-5,7,10-13,15-16H2,1H3,(H2,24,25,26). The van der Waals surface area contributed by atoms with Gasteiger partial charge < -0.3 is 20.3 Å². The Morgan fingerprint density at radius 1 is 1.28 bits per heavy atom. The number of nitrogens with one attached hydrogen (secondary N) is 2. The highest BCUT2D eigenvalue weighted by Gasteiger charge is 2.15. The largest absolute Gasteiger partial charge is 0.488 e. The highest BCUT2D eigenvalue weighted by molar-refractivity contribution is 5.79. The molecule has 0 spiro atoms. The maximum absolute atomic E-state index is 12.3. The second-order valence-electron chi connectivity index (χ2n) is 7.02. The van der Waals surface area contributed by atoms with Crippen molar-refractivity contribution < 1.29 is 18.3 Å². The van der Waals surface area contributed by atoms with Crippen LogP contribution in [0.1, 0.15) is 44.6 Å². The van der Waals surface area contributed by atoms with Gasteiger partial charge in [0, 0.05) is 32.6 Å². The van der Waals surface area contributed by atoms with Crippen LogP contribution in [0.5, 0.6) is 5.75 Å². The third-order valence-corrected chi connectivity index (χ3v) is 4.61. The molecule has 1 amide bonds. The number of likely N-dealkylation sites (tertiary alicyclic amines) is 1. The van der Waals surface area contributed by atoms with Crippen LogP contribution in [0.3, 0.4) is 0 Å². The molecule has 162 valence electrons. The van der Waals surface area contributed by atoms with E-state index in [1.807, 2.05) is 17.9 Å². The number of alkyl halides is 2. The van der Waals surface area contributed by atoms with Gasteiger partial charge in [-0.05, 0) is 43.9 Å². The summed E-state index contributed by atoms with van der Waals surface area (Å²) in [5, 5.41) is 6.48. The lowest BCUT2D eigenvalue weighted by Gasteiger charge is -2.20. The molecule has 0 atom stereocenters. The average molecular weight is 411 g/mol. The summed E-state index contributed by atoms with van der Waals surface area (Å²) in [6, 6.07) is 7.03. The number of aliphatic imine (C=N–C) groups is 1. The van der Waals surface area contributed by atoms with Crippen molar-refractivity contribution in [3.63, 3.8) is 0 Å². The second kappa shape index (κ2) is 13.0. The summed E-state index contributed by atoms with van der Waals surface area (Å²) in [7, 11) is 0. The van der Waals surface area contributed by atoms with Crippen molar-refractivity contribution in [3.8, 4) is 5.75 Å². The van der Waals surface area contributed by atoms with Crippen LogP contribution in [0.15, 0.2) is 29.3 Å². The van der Waals surface area contributed by atoms with Gasteiger partial charge in [0.05, 0.1) is 6.54 Å². The third kappa shape index (κ3) is 9.11. The number of benzene rings is 1. The molecule has 0 unspecified atom stereocenters. The van der Waals surface area contributed by atoms with Crippen molar-refractivity contribution >= 4 is 11.9 Å².